The molecule has 0 saturated heterocycles. The van der Waals surface area contributed by atoms with Crippen LogP contribution in [0.5, 0.6) is 0 Å². The topological polar surface area (TPSA) is 17.1 Å². The third-order valence-electron chi connectivity index (χ3n) is 3.04. The minimum Gasteiger partial charge on any atom is -0.300 e. The number of rotatable bonds is 3. The molecule has 1 unspecified atom stereocenters. The summed E-state index contributed by atoms with van der Waals surface area (Å²) in [6.07, 6.45) is 6.50. The predicted molar refractivity (Wildman–Crippen MR) is 46.5 cm³/mol. The Kier molecular flexibility index (Phi) is 2.69. The molecule has 0 amide bonds. The van der Waals surface area contributed by atoms with Gasteiger partial charge in [-0.1, -0.05) is 26.7 Å². The smallest absolute Gasteiger partial charge is 0.133 e. The molecular weight excluding hydrogens is 136 g/mol. The zero-order valence-corrected chi connectivity index (χ0v) is 7.65. The predicted octanol–water partition coefficient (Wildman–Crippen LogP) is 2.94. The van der Waals surface area contributed by atoms with Crippen molar-refractivity contribution in [2.45, 2.75) is 52.4 Å². The van der Waals surface area contributed by atoms with Gasteiger partial charge in [-0.05, 0) is 18.3 Å². The summed E-state index contributed by atoms with van der Waals surface area (Å²) in [6, 6.07) is 0. The molecule has 1 aliphatic rings. The van der Waals surface area contributed by atoms with Gasteiger partial charge in [0.05, 0.1) is 0 Å². The van der Waals surface area contributed by atoms with E-state index in [1.807, 2.05) is 0 Å². The molecule has 0 N–H and O–H groups in total. The SMILES string of the molecule is CCCC1(CC)CCC(=O)C1. The lowest BCUT2D eigenvalue weighted by Crippen LogP contribution is -2.15. The molecule has 1 rings (SSSR count). The summed E-state index contributed by atoms with van der Waals surface area (Å²) in [5.41, 5.74) is 0.409. The van der Waals surface area contributed by atoms with Crippen molar-refractivity contribution < 1.29 is 4.79 Å². The van der Waals surface area contributed by atoms with Crippen LogP contribution in [0.4, 0.5) is 0 Å². The molecular formula is C10H18O. The normalized spacial score (nSPS) is 31.3. The molecule has 1 atom stereocenters. The molecule has 1 nitrogen and oxygen atoms in total. The molecule has 11 heavy (non-hydrogen) atoms. The Balaban J connectivity index is 2.54. The van der Waals surface area contributed by atoms with Crippen LogP contribution in [-0.4, -0.2) is 5.78 Å². The number of Topliss-reactive ketones (excluding diaryl/α,β-unsaturated/α-hetero) is 1. The van der Waals surface area contributed by atoms with E-state index in [1.54, 1.807) is 0 Å². The third kappa shape index (κ3) is 1.82. The van der Waals surface area contributed by atoms with Gasteiger partial charge < -0.3 is 0 Å². The van der Waals surface area contributed by atoms with E-state index in [4.69, 9.17) is 0 Å². The lowest BCUT2D eigenvalue weighted by Gasteiger charge is -2.25. The van der Waals surface area contributed by atoms with Gasteiger partial charge in [0.1, 0.15) is 5.78 Å². The lowest BCUT2D eigenvalue weighted by molar-refractivity contribution is -0.118. The van der Waals surface area contributed by atoms with Gasteiger partial charge >= 0.3 is 0 Å². The zero-order chi connectivity index (χ0) is 8.32. The van der Waals surface area contributed by atoms with Gasteiger partial charge in [-0.3, -0.25) is 4.79 Å². The molecule has 0 bridgehead atoms. The molecule has 0 aromatic heterocycles. The summed E-state index contributed by atoms with van der Waals surface area (Å²) in [4.78, 5) is 11.1. The number of hydrogen-bond acceptors (Lipinski definition) is 1. The van der Waals surface area contributed by atoms with Gasteiger partial charge in [-0.2, -0.15) is 0 Å². The van der Waals surface area contributed by atoms with Crippen molar-refractivity contribution in [1.29, 1.82) is 0 Å². The quantitative estimate of drug-likeness (QED) is 0.611. The van der Waals surface area contributed by atoms with Crippen molar-refractivity contribution in [2.75, 3.05) is 0 Å². The minimum absolute atomic E-state index is 0.409. The average molecular weight is 154 g/mol. The van der Waals surface area contributed by atoms with Crippen LogP contribution in [-0.2, 0) is 4.79 Å². The molecule has 0 aliphatic heterocycles. The second kappa shape index (κ2) is 3.38. The standard InChI is InChI=1S/C10H18O/c1-3-6-10(4-2)7-5-9(11)8-10/h3-8H2,1-2H3. The van der Waals surface area contributed by atoms with Crippen molar-refractivity contribution >= 4 is 5.78 Å². The lowest BCUT2D eigenvalue weighted by atomic mass is 9.79. The molecule has 0 spiro atoms. The Hall–Kier alpha value is -0.330. The molecule has 0 radical (unpaired) electrons. The molecule has 1 saturated carbocycles. The first-order valence-corrected chi connectivity index (χ1v) is 4.74. The van der Waals surface area contributed by atoms with Gasteiger partial charge in [-0.25, -0.2) is 0 Å². The van der Waals surface area contributed by atoms with Crippen LogP contribution in [0.25, 0.3) is 0 Å². The molecule has 1 heteroatoms. The highest BCUT2D eigenvalue weighted by molar-refractivity contribution is 5.81. The van der Waals surface area contributed by atoms with E-state index in [1.165, 1.54) is 19.3 Å². The number of carbonyl (C=O) groups is 1. The van der Waals surface area contributed by atoms with Gasteiger partial charge in [-0.15, -0.1) is 0 Å². The highest BCUT2D eigenvalue weighted by Crippen LogP contribution is 2.42. The maximum absolute atomic E-state index is 11.1. The number of hydrogen-bond donors (Lipinski definition) is 0. The largest absolute Gasteiger partial charge is 0.300 e. The number of ketones is 1. The van der Waals surface area contributed by atoms with Gasteiger partial charge in [0, 0.05) is 12.8 Å². The highest BCUT2D eigenvalue weighted by Gasteiger charge is 2.35. The molecule has 1 fully saturated rings. The van der Waals surface area contributed by atoms with Crippen LogP contribution >= 0.6 is 0 Å². The van der Waals surface area contributed by atoms with Crippen molar-refractivity contribution in [1.82, 2.24) is 0 Å². The Labute approximate surface area is 69.2 Å². The van der Waals surface area contributed by atoms with Crippen LogP contribution in [0, 0.1) is 5.41 Å². The van der Waals surface area contributed by atoms with Crippen LogP contribution in [0.1, 0.15) is 52.4 Å². The monoisotopic (exact) mass is 154 g/mol. The van der Waals surface area contributed by atoms with Crippen molar-refractivity contribution in [2.24, 2.45) is 5.41 Å². The molecule has 64 valence electrons. The van der Waals surface area contributed by atoms with Crippen LogP contribution in [0.3, 0.4) is 0 Å². The second-order valence-electron chi connectivity index (χ2n) is 3.82. The minimum atomic E-state index is 0.409. The molecule has 0 aromatic carbocycles. The maximum atomic E-state index is 11.1. The fourth-order valence-electron chi connectivity index (χ4n) is 2.22. The number of carbonyl (C=O) groups excluding carboxylic acids is 1. The van der Waals surface area contributed by atoms with Gasteiger partial charge in [0.25, 0.3) is 0 Å². The first-order valence-electron chi connectivity index (χ1n) is 4.74. The summed E-state index contributed by atoms with van der Waals surface area (Å²) in [5, 5.41) is 0. The van der Waals surface area contributed by atoms with E-state index in [0.29, 0.717) is 11.2 Å². The summed E-state index contributed by atoms with van der Waals surface area (Å²) in [6.45, 7) is 4.43. The van der Waals surface area contributed by atoms with Crippen molar-refractivity contribution in [3.05, 3.63) is 0 Å². The van der Waals surface area contributed by atoms with Crippen molar-refractivity contribution in [3.63, 3.8) is 0 Å². The first kappa shape index (κ1) is 8.76. The Morgan fingerprint density at radius 1 is 1.45 bits per heavy atom. The summed E-state index contributed by atoms with van der Waals surface area (Å²) in [7, 11) is 0. The summed E-state index contributed by atoms with van der Waals surface area (Å²) < 4.78 is 0. The van der Waals surface area contributed by atoms with E-state index in [9.17, 15) is 4.79 Å². The van der Waals surface area contributed by atoms with E-state index in [0.717, 1.165) is 19.3 Å². The van der Waals surface area contributed by atoms with Gasteiger partial charge in [0.2, 0.25) is 0 Å². The summed E-state index contributed by atoms with van der Waals surface area (Å²) >= 11 is 0. The summed E-state index contributed by atoms with van der Waals surface area (Å²) in [5.74, 6) is 0.486. The Morgan fingerprint density at radius 2 is 2.18 bits per heavy atom. The van der Waals surface area contributed by atoms with E-state index in [2.05, 4.69) is 13.8 Å². The molecule has 0 aromatic rings. The van der Waals surface area contributed by atoms with Gasteiger partial charge in [0.15, 0.2) is 0 Å². The maximum Gasteiger partial charge on any atom is 0.133 e. The van der Waals surface area contributed by atoms with E-state index in [-0.39, 0.29) is 0 Å². The first-order chi connectivity index (χ1) is 5.22. The fraction of sp³-hybridized carbons (Fsp3) is 0.900. The fourth-order valence-corrected chi connectivity index (χ4v) is 2.22. The van der Waals surface area contributed by atoms with Crippen LogP contribution in [0.2, 0.25) is 0 Å². The highest BCUT2D eigenvalue weighted by atomic mass is 16.1. The zero-order valence-electron chi connectivity index (χ0n) is 7.65. The van der Waals surface area contributed by atoms with E-state index >= 15 is 0 Å². The Morgan fingerprint density at radius 3 is 2.55 bits per heavy atom. The van der Waals surface area contributed by atoms with E-state index < -0.39 is 0 Å². The molecule has 1 aliphatic carbocycles. The second-order valence-corrected chi connectivity index (χ2v) is 3.82. The Bertz CT molecular complexity index is 151. The average Bonchev–Trinajstić information content (AvgIpc) is 2.34. The third-order valence-corrected chi connectivity index (χ3v) is 3.04. The van der Waals surface area contributed by atoms with Crippen molar-refractivity contribution in [3.8, 4) is 0 Å². The molecule has 0 heterocycles. The van der Waals surface area contributed by atoms with Crippen LogP contribution < -0.4 is 0 Å². The van der Waals surface area contributed by atoms with Crippen LogP contribution in [0.15, 0.2) is 0 Å².